The van der Waals surface area contributed by atoms with Crippen LogP contribution in [0.2, 0.25) is 0 Å². The van der Waals surface area contributed by atoms with Gasteiger partial charge < -0.3 is 46.3 Å². The third-order valence-electron chi connectivity index (χ3n) is 6.54. The number of alkyl carbamates (subject to hydrolysis) is 1. The van der Waals surface area contributed by atoms with Crippen molar-refractivity contribution in [2.24, 2.45) is 5.92 Å². The Balaban J connectivity index is 3.00. The first-order valence-corrected chi connectivity index (χ1v) is 14.6. The van der Waals surface area contributed by atoms with Gasteiger partial charge in [-0.2, -0.15) is 8.78 Å². The maximum absolute atomic E-state index is 15.2. The first-order valence-electron chi connectivity index (χ1n) is 14.6. The second-order valence-electron chi connectivity index (χ2n) is 12.1. The van der Waals surface area contributed by atoms with Gasteiger partial charge in [0.2, 0.25) is 17.7 Å². The van der Waals surface area contributed by atoms with E-state index in [4.69, 9.17) is 4.74 Å². The molecule has 0 aromatic heterocycles. The summed E-state index contributed by atoms with van der Waals surface area (Å²) >= 11 is 0. The van der Waals surface area contributed by atoms with Crippen LogP contribution in [-0.4, -0.2) is 101 Å². The van der Waals surface area contributed by atoms with Gasteiger partial charge in [0.05, 0.1) is 18.7 Å². The molecule has 16 heteroatoms. The zero-order chi connectivity index (χ0) is 35.4. The van der Waals surface area contributed by atoms with Crippen molar-refractivity contribution in [2.45, 2.75) is 103 Å². The van der Waals surface area contributed by atoms with Gasteiger partial charge in [0, 0.05) is 0 Å². The third kappa shape index (κ3) is 12.7. The predicted octanol–water partition coefficient (Wildman–Crippen LogP) is -0.0552. The number of nitrogens with one attached hydrogen (secondary N) is 5. The first kappa shape index (κ1) is 39.8. The average Bonchev–Trinajstić information content (AvgIpc) is 2.96. The Morgan fingerprint density at radius 3 is 1.85 bits per heavy atom. The van der Waals surface area contributed by atoms with Crippen LogP contribution in [0.25, 0.3) is 0 Å². The molecule has 0 saturated heterocycles. The van der Waals surface area contributed by atoms with Gasteiger partial charge in [-0.05, 0) is 52.5 Å². The van der Waals surface area contributed by atoms with Gasteiger partial charge >= 0.3 is 12.0 Å². The number of aliphatic hydroxyl groups excluding tert-OH is 2. The maximum atomic E-state index is 15.2. The molecule has 0 aliphatic carbocycles. The lowest BCUT2D eigenvalue weighted by Crippen LogP contribution is -2.61. The Hall–Kier alpha value is -4.18. The molecule has 1 rings (SSSR count). The summed E-state index contributed by atoms with van der Waals surface area (Å²) in [5, 5.41) is 31.1. The second-order valence-corrected chi connectivity index (χ2v) is 12.1. The number of halogens is 2. The summed E-state index contributed by atoms with van der Waals surface area (Å²) < 4.78 is 35.4. The molecule has 0 aliphatic rings. The van der Waals surface area contributed by atoms with E-state index in [1.807, 2.05) is 5.32 Å². The van der Waals surface area contributed by atoms with Crippen LogP contribution in [0.5, 0.6) is 0 Å². The molecular formula is C30H45F2N5O9. The van der Waals surface area contributed by atoms with Crippen molar-refractivity contribution in [3.05, 3.63) is 35.9 Å². The molecule has 1 aromatic carbocycles. The van der Waals surface area contributed by atoms with Crippen LogP contribution < -0.4 is 26.6 Å². The fourth-order valence-corrected chi connectivity index (χ4v) is 3.84. The van der Waals surface area contributed by atoms with Crippen LogP contribution in [0, 0.1) is 5.92 Å². The summed E-state index contributed by atoms with van der Waals surface area (Å²) in [6.45, 7) is 9.49. The number of ether oxygens (including phenoxy) is 1. The quantitative estimate of drug-likeness (QED) is 0.119. The van der Waals surface area contributed by atoms with E-state index in [9.17, 15) is 39.0 Å². The second kappa shape index (κ2) is 17.5. The number of aliphatic hydroxyl groups is 2. The predicted molar refractivity (Wildman–Crippen MR) is 161 cm³/mol. The molecule has 6 unspecified atom stereocenters. The zero-order valence-electron chi connectivity index (χ0n) is 26.9. The van der Waals surface area contributed by atoms with Gasteiger partial charge in [0.1, 0.15) is 36.1 Å². The summed E-state index contributed by atoms with van der Waals surface area (Å²) in [6, 6.07) is 0.864. The Kier molecular flexibility index (Phi) is 15.2. The molecule has 0 saturated carbocycles. The molecule has 14 nitrogen and oxygen atoms in total. The molecule has 7 N–H and O–H groups in total. The topological polar surface area (TPSA) is 212 Å². The van der Waals surface area contributed by atoms with Gasteiger partial charge in [0.15, 0.2) is 0 Å². The lowest BCUT2D eigenvalue weighted by Gasteiger charge is -2.31. The lowest BCUT2D eigenvalue weighted by molar-refractivity contribution is -0.169. The van der Waals surface area contributed by atoms with Crippen LogP contribution >= 0.6 is 0 Å². The van der Waals surface area contributed by atoms with Gasteiger partial charge in [-0.25, -0.2) is 4.79 Å². The van der Waals surface area contributed by atoms with Crippen molar-refractivity contribution in [3.63, 3.8) is 0 Å². The Morgan fingerprint density at radius 1 is 0.848 bits per heavy atom. The number of carbonyl (C=O) groups excluding carboxylic acids is 6. The Morgan fingerprint density at radius 2 is 1.37 bits per heavy atom. The third-order valence-corrected chi connectivity index (χ3v) is 6.54. The normalized spacial score (nSPS) is 15.7. The number of carbonyl (C=O) groups is 6. The Labute approximate surface area is 266 Å². The smallest absolute Gasteiger partial charge is 0.408 e. The highest BCUT2D eigenvalue weighted by molar-refractivity contribution is 5.93. The summed E-state index contributed by atoms with van der Waals surface area (Å²) in [5.41, 5.74) is -0.446. The SMILES string of the molecule is CC(NC(=O)C(C)NC(=O)C(CO)NC(=O)OC(C)(C)C)C(=O)NC(Cc1ccccc1)C(O)C(F)(F)C(=O)NC(C=O)C(C)C. The molecule has 0 fully saturated rings. The largest absolute Gasteiger partial charge is 0.444 e. The highest BCUT2D eigenvalue weighted by Crippen LogP contribution is 2.24. The van der Waals surface area contributed by atoms with Crippen molar-refractivity contribution >= 4 is 36.0 Å². The molecular weight excluding hydrogens is 612 g/mol. The fourth-order valence-electron chi connectivity index (χ4n) is 3.84. The molecule has 258 valence electrons. The van der Waals surface area contributed by atoms with E-state index >= 15 is 8.78 Å². The van der Waals surface area contributed by atoms with Crippen LogP contribution in [0.4, 0.5) is 13.6 Å². The number of amides is 5. The van der Waals surface area contributed by atoms with E-state index in [0.717, 1.165) is 0 Å². The fraction of sp³-hybridized carbons (Fsp3) is 0.600. The number of hydrogen-bond donors (Lipinski definition) is 7. The lowest BCUT2D eigenvalue weighted by atomic mass is 9.95. The van der Waals surface area contributed by atoms with Crippen molar-refractivity contribution in [1.29, 1.82) is 0 Å². The summed E-state index contributed by atoms with van der Waals surface area (Å²) in [5.74, 6) is -9.69. The van der Waals surface area contributed by atoms with E-state index in [2.05, 4.69) is 21.3 Å². The number of aldehydes is 1. The zero-order valence-corrected chi connectivity index (χ0v) is 26.9. The van der Waals surface area contributed by atoms with Crippen LogP contribution in [0.3, 0.4) is 0 Å². The Bertz CT molecular complexity index is 1210. The minimum absolute atomic E-state index is 0.295. The summed E-state index contributed by atoms with van der Waals surface area (Å²) in [7, 11) is 0. The minimum Gasteiger partial charge on any atom is -0.444 e. The molecule has 6 atom stereocenters. The molecule has 0 spiro atoms. The van der Waals surface area contributed by atoms with Crippen molar-refractivity contribution < 1.29 is 52.5 Å². The average molecular weight is 658 g/mol. The van der Waals surface area contributed by atoms with Crippen LogP contribution in [-0.2, 0) is 35.1 Å². The standard InChI is InChI=1S/C30H45F2N5O9/c1-16(2)21(14-38)36-27(44)30(31,32)23(40)20(13-19-11-9-8-10-12-19)35-25(42)18(4)33-24(41)17(3)34-26(43)22(15-39)37-28(45)46-29(5,6)7/h8-12,14,16-18,20-23,39-40H,13,15H2,1-7H3,(H,33,41)(H,34,43)(H,35,42)(H,36,44)(H,37,45). The van der Waals surface area contributed by atoms with Crippen molar-refractivity contribution in [2.75, 3.05) is 6.61 Å². The van der Waals surface area contributed by atoms with E-state index < -0.39 is 90.1 Å². The monoisotopic (exact) mass is 657 g/mol. The molecule has 0 heterocycles. The molecule has 1 aromatic rings. The van der Waals surface area contributed by atoms with Crippen molar-refractivity contribution in [3.8, 4) is 0 Å². The first-order chi connectivity index (χ1) is 21.2. The van der Waals surface area contributed by atoms with E-state index in [-0.39, 0.29) is 6.42 Å². The summed E-state index contributed by atoms with van der Waals surface area (Å²) in [4.78, 5) is 73.9. The highest BCUT2D eigenvalue weighted by Gasteiger charge is 2.51. The molecule has 5 amide bonds. The molecule has 0 bridgehead atoms. The molecule has 0 radical (unpaired) electrons. The van der Waals surface area contributed by atoms with E-state index in [1.54, 1.807) is 51.1 Å². The maximum Gasteiger partial charge on any atom is 0.408 e. The van der Waals surface area contributed by atoms with Gasteiger partial charge in [0.25, 0.3) is 5.91 Å². The van der Waals surface area contributed by atoms with Gasteiger partial charge in [-0.15, -0.1) is 0 Å². The highest BCUT2D eigenvalue weighted by atomic mass is 19.3. The van der Waals surface area contributed by atoms with Gasteiger partial charge in [-0.3, -0.25) is 19.2 Å². The minimum atomic E-state index is -4.44. The van der Waals surface area contributed by atoms with Crippen LogP contribution in [0.15, 0.2) is 30.3 Å². The number of hydrogen-bond acceptors (Lipinski definition) is 9. The molecule has 46 heavy (non-hydrogen) atoms. The van der Waals surface area contributed by atoms with E-state index in [1.165, 1.54) is 27.7 Å². The van der Waals surface area contributed by atoms with Crippen molar-refractivity contribution in [1.82, 2.24) is 26.6 Å². The number of alkyl halides is 2. The molecule has 0 aliphatic heterocycles. The van der Waals surface area contributed by atoms with E-state index in [0.29, 0.717) is 11.8 Å². The van der Waals surface area contributed by atoms with Gasteiger partial charge in [-0.1, -0.05) is 44.2 Å². The number of benzene rings is 1. The summed E-state index contributed by atoms with van der Waals surface area (Å²) in [6.07, 6.45) is -3.77. The number of rotatable bonds is 16. The van der Waals surface area contributed by atoms with Crippen LogP contribution in [0.1, 0.15) is 54.0 Å².